The number of carbonyl (C=O) groups excluding carboxylic acids is 1. The van der Waals surface area contributed by atoms with Crippen LogP contribution in [0.1, 0.15) is 15.9 Å². The fourth-order valence-electron chi connectivity index (χ4n) is 2.19. The Kier molecular flexibility index (Phi) is 3.31. The van der Waals surface area contributed by atoms with Gasteiger partial charge in [-0.05, 0) is 36.8 Å². The van der Waals surface area contributed by atoms with Crippen LogP contribution < -0.4 is 10.1 Å². The predicted octanol–water partition coefficient (Wildman–Crippen LogP) is 3.13. The predicted molar refractivity (Wildman–Crippen MR) is 81.8 cm³/mol. The van der Waals surface area contributed by atoms with E-state index in [2.05, 4.69) is 15.5 Å². The van der Waals surface area contributed by atoms with E-state index in [0.717, 1.165) is 16.5 Å². The number of fused-ring (bicyclic) bond motifs is 1. The second kappa shape index (κ2) is 5.28. The molecule has 0 fully saturated rings. The van der Waals surface area contributed by atoms with Gasteiger partial charge in [0.15, 0.2) is 0 Å². The van der Waals surface area contributed by atoms with Crippen LogP contribution in [0, 0.1) is 6.92 Å². The minimum absolute atomic E-state index is 0.185. The van der Waals surface area contributed by atoms with Crippen molar-refractivity contribution in [1.29, 1.82) is 0 Å². The lowest BCUT2D eigenvalue weighted by Crippen LogP contribution is -2.12. The van der Waals surface area contributed by atoms with E-state index in [9.17, 15) is 4.79 Å². The van der Waals surface area contributed by atoms with E-state index in [1.165, 1.54) is 0 Å². The van der Waals surface area contributed by atoms with Crippen LogP contribution in [0.25, 0.3) is 10.9 Å². The number of hydrogen-bond donors (Lipinski definition) is 2. The normalized spacial score (nSPS) is 10.6. The average Bonchev–Trinajstić information content (AvgIpc) is 2.94. The topological polar surface area (TPSA) is 67.0 Å². The van der Waals surface area contributed by atoms with E-state index >= 15 is 0 Å². The van der Waals surface area contributed by atoms with E-state index in [1.54, 1.807) is 25.4 Å². The zero-order valence-electron chi connectivity index (χ0n) is 11.8. The lowest BCUT2D eigenvalue weighted by molar-refractivity contribution is 0.102. The third kappa shape index (κ3) is 2.58. The van der Waals surface area contributed by atoms with Gasteiger partial charge in [0.1, 0.15) is 5.75 Å². The molecule has 5 nitrogen and oxygen atoms in total. The molecule has 0 radical (unpaired) electrons. The molecule has 0 aliphatic heterocycles. The number of hydrogen-bond acceptors (Lipinski definition) is 3. The van der Waals surface area contributed by atoms with Crippen LogP contribution in [-0.4, -0.2) is 23.2 Å². The highest BCUT2D eigenvalue weighted by atomic mass is 16.5. The molecule has 0 saturated heterocycles. The monoisotopic (exact) mass is 281 g/mol. The summed E-state index contributed by atoms with van der Waals surface area (Å²) >= 11 is 0. The number of benzene rings is 2. The standard InChI is InChI=1S/C16H15N3O2/c1-10-3-6-15(21-2)14(7-10)18-16(20)11-4-5-12-9-17-19-13(12)8-11/h3-9H,1-2H3,(H,17,19)(H,18,20). The highest BCUT2D eigenvalue weighted by Crippen LogP contribution is 2.26. The van der Waals surface area contributed by atoms with E-state index in [0.29, 0.717) is 17.0 Å². The van der Waals surface area contributed by atoms with Crippen LogP contribution in [0.2, 0.25) is 0 Å². The minimum Gasteiger partial charge on any atom is -0.495 e. The molecule has 0 unspecified atom stereocenters. The number of nitrogens with zero attached hydrogens (tertiary/aromatic N) is 1. The van der Waals surface area contributed by atoms with Crippen LogP contribution >= 0.6 is 0 Å². The number of aryl methyl sites for hydroxylation is 1. The first-order valence-electron chi connectivity index (χ1n) is 6.56. The summed E-state index contributed by atoms with van der Waals surface area (Å²) in [6, 6.07) is 11.1. The Morgan fingerprint density at radius 2 is 2.10 bits per heavy atom. The van der Waals surface area contributed by atoms with Crippen molar-refractivity contribution in [3.8, 4) is 5.75 Å². The maximum absolute atomic E-state index is 12.4. The van der Waals surface area contributed by atoms with Crippen molar-refractivity contribution in [3.63, 3.8) is 0 Å². The Balaban J connectivity index is 1.90. The summed E-state index contributed by atoms with van der Waals surface area (Å²) in [6.07, 6.45) is 1.72. The Labute approximate surface area is 121 Å². The summed E-state index contributed by atoms with van der Waals surface area (Å²) < 4.78 is 5.26. The van der Waals surface area contributed by atoms with Crippen molar-refractivity contribution in [2.24, 2.45) is 0 Å². The highest BCUT2D eigenvalue weighted by Gasteiger charge is 2.11. The molecule has 21 heavy (non-hydrogen) atoms. The van der Waals surface area contributed by atoms with Crippen LogP contribution in [-0.2, 0) is 0 Å². The van der Waals surface area contributed by atoms with Gasteiger partial charge in [0, 0.05) is 10.9 Å². The molecule has 3 rings (SSSR count). The summed E-state index contributed by atoms with van der Waals surface area (Å²) in [5.74, 6) is 0.451. The highest BCUT2D eigenvalue weighted by molar-refractivity contribution is 6.06. The number of carbonyl (C=O) groups is 1. The van der Waals surface area contributed by atoms with E-state index in [4.69, 9.17) is 4.74 Å². The van der Waals surface area contributed by atoms with Gasteiger partial charge in [-0.1, -0.05) is 12.1 Å². The van der Waals surface area contributed by atoms with Crippen molar-refractivity contribution in [3.05, 3.63) is 53.7 Å². The first kappa shape index (κ1) is 13.2. The molecule has 106 valence electrons. The molecule has 2 aromatic carbocycles. The molecule has 0 aliphatic carbocycles. The first-order chi connectivity index (χ1) is 10.2. The van der Waals surface area contributed by atoms with Crippen molar-refractivity contribution < 1.29 is 9.53 Å². The number of aromatic amines is 1. The molecule has 0 aliphatic rings. The quantitative estimate of drug-likeness (QED) is 0.775. The Morgan fingerprint density at radius 1 is 1.24 bits per heavy atom. The van der Waals surface area contributed by atoms with Gasteiger partial charge in [-0.15, -0.1) is 0 Å². The largest absolute Gasteiger partial charge is 0.495 e. The third-order valence-corrected chi connectivity index (χ3v) is 3.31. The summed E-state index contributed by atoms with van der Waals surface area (Å²) in [7, 11) is 1.58. The Hall–Kier alpha value is -2.82. The molecule has 1 aromatic heterocycles. The van der Waals surface area contributed by atoms with Gasteiger partial charge >= 0.3 is 0 Å². The molecular weight excluding hydrogens is 266 g/mol. The molecule has 0 saturated carbocycles. The molecule has 1 amide bonds. The molecule has 0 atom stereocenters. The smallest absolute Gasteiger partial charge is 0.255 e. The van der Waals surface area contributed by atoms with Crippen LogP contribution in [0.5, 0.6) is 5.75 Å². The van der Waals surface area contributed by atoms with Gasteiger partial charge in [-0.25, -0.2) is 0 Å². The number of anilines is 1. The van der Waals surface area contributed by atoms with Gasteiger partial charge in [-0.2, -0.15) is 5.10 Å². The fraction of sp³-hybridized carbons (Fsp3) is 0.125. The number of ether oxygens (including phenoxy) is 1. The maximum atomic E-state index is 12.4. The summed E-state index contributed by atoms with van der Waals surface area (Å²) in [4.78, 5) is 12.4. The Morgan fingerprint density at radius 3 is 2.90 bits per heavy atom. The minimum atomic E-state index is -0.185. The van der Waals surface area contributed by atoms with E-state index in [-0.39, 0.29) is 5.91 Å². The maximum Gasteiger partial charge on any atom is 0.255 e. The van der Waals surface area contributed by atoms with E-state index < -0.39 is 0 Å². The number of rotatable bonds is 3. The number of amides is 1. The van der Waals surface area contributed by atoms with Crippen molar-refractivity contribution in [2.45, 2.75) is 6.92 Å². The van der Waals surface area contributed by atoms with Gasteiger partial charge in [0.25, 0.3) is 5.91 Å². The number of nitrogens with one attached hydrogen (secondary N) is 2. The van der Waals surface area contributed by atoms with Crippen LogP contribution in [0.4, 0.5) is 5.69 Å². The van der Waals surface area contributed by atoms with Gasteiger partial charge in [0.05, 0.1) is 24.5 Å². The second-order valence-corrected chi connectivity index (χ2v) is 4.83. The number of methoxy groups -OCH3 is 1. The zero-order chi connectivity index (χ0) is 14.8. The fourth-order valence-corrected chi connectivity index (χ4v) is 2.19. The molecule has 2 N–H and O–H groups in total. The van der Waals surface area contributed by atoms with Crippen LogP contribution in [0.15, 0.2) is 42.6 Å². The second-order valence-electron chi connectivity index (χ2n) is 4.83. The molecular formula is C16H15N3O2. The lowest BCUT2D eigenvalue weighted by Gasteiger charge is -2.11. The summed E-state index contributed by atoms with van der Waals surface area (Å²) in [5, 5.41) is 10.7. The van der Waals surface area contributed by atoms with Crippen LogP contribution in [0.3, 0.4) is 0 Å². The van der Waals surface area contributed by atoms with Gasteiger partial charge < -0.3 is 10.1 Å². The van der Waals surface area contributed by atoms with Gasteiger partial charge in [-0.3, -0.25) is 9.89 Å². The number of H-pyrrole nitrogens is 1. The van der Waals surface area contributed by atoms with Crippen molar-refractivity contribution in [2.75, 3.05) is 12.4 Å². The Bertz CT molecular complexity index is 808. The van der Waals surface area contributed by atoms with Gasteiger partial charge in [0.2, 0.25) is 0 Å². The molecule has 0 spiro atoms. The SMILES string of the molecule is COc1ccc(C)cc1NC(=O)c1ccc2cn[nH]c2c1. The van der Waals surface area contributed by atoms with Crippen molar-refractivity contribution in [1.82, 2.24) is 10.2 Å². The van der Waals surface area contributed by atoms with Crippen molar-refractivity contribution >= 4 is 22.5 Å². The zero-order valence-corrected chi connectivity index (χ0v) is 11.8. The molecule has 1 heterocycles. The lowest BCUT2D eigenvalue weighted by atomic mass is 10.1. The molecule has 0 bridgehead atoms. The first-order valence-corrected chi connectivity index (χ1v) is 6.56. The molecule has 3 aromatic rings. The van der Waals surface area contributed by atoms with E-state index in [1.807, 2.05) is 31.2 Å². The average molecular weight is 281 g/mol. The third-order valence-electron chi connectivity index (χ3n) is 3.31. The summed E-state index contributed by atoms with van der Waals surface area (Å²) in [6.45, 7) is 1.96. The summed E-state index contributed by atoms with van der Waals surface area (Å²) in [5.41, 5.74) is 3.11. The number of aromatic nitrogens is 2. The molecule has 5 heteroatoms.